The van der Waals surface area contributed by atoms with Crippen LogP contribution in [0.2, 0.25) is 0 Å². The van der Waals surface area contributed by atoms with E-state index >= 15 is 0 Å². The van der Waals surface area contributed by atoms with Gasteiger partial charge < -0.3 is 10.1 Å². The standard InChI is InChI=1S/C18H18N2O5/c1-4-25-18(22)14-8-13(9-15(10-14)20(23)24)17(21)19-16-6-5-11(2)7-12(16)3/h5-10H,4H2,1-3H3,(H,19,21). The third-order valence-electron chi connectivity index (χ3n) is 3.53. The maximum absolute atomic E-state index is 12.5. The molecule has 2 aromatic rings. The number of ether oxygens (including phenoxy) is 1. The minimum atomic E-state index is -0.716. The van der Waals surface area contributed by atoms with Crippen LogP contribution in [0.4, 0.5) is 11.4 Å². The molecule has 7 nitrogen and oxygen atoms in total. The summed E-state index contributed by atoms with van der Waals surface area (Å²) < 4.78 is 4.85. The number of anilines is 1. The normalized spacial score (nSPS) is 10.2. The first-order valence-corrected chi connectivity index (χ1v) is 7.67. The van der Waals surface area contributed by atoms with Crippen molar-refractivity contribution >= 4 is 23.3 Å². The van der Waals surface area contributed by atoms with Gasteiger partial charge in [0, 0.05) is 23.4 Å². The Kier molecular flexibility index (Phi) is 5.49. The zero-order valence-corrected chi connectivity index (χ0v) is 14.2. The summed E-state index contributed by atoms with van der Waals surface area (Å²) >= 11 is 0. The van der Waals surface area contributed by atoms with E-state index in [0.717, 1.165) is 23.3 Å². The summed E-state index contributed by atoms with van der Waals surface area (Å²) in [6.07, 6.45) is 0. The number of non-ortho nitro benzene ring substituents is 1. The van der Waals surface area contributed by atoms with E-state index in [-0.39, 0.29) is 23.4 Å². The molecule has 0 radical (unpaired) electrons. The Morgan fingerprint density at radius 1 is 1.12 bits per heavy atom. The summed E-state index contributed by atoms with van der Waals surface area (Å²) in [6, 6.07) is 9.01. The molecule has 1 N–H and O–H groups in total. The number of nitrogens with one attached hydrogen (secondary N) is 1. The van der Waals surface area contributed by atoms with Crippen molar-refractivity contribution in [3.05, 3.63) is 68.8 Å². The predicted molar refractivity (Wildman–Crippen MR) is 92.9 cm³/mol. The number of nitro groups is 1. The van der Waals surface area contributed by atoms with E-state index in [1.165, 1.54) is 6.07 Å². The molecule has 0 aliphatic heterocycles. The highest BCUT2D eigenvalue weighted by Gasteiger charge is 2.19. The summed E-state index contributed by atoms with van der Waals surface area (Å²) in [5.41, 5.74) is 2.13. The first kappa shape index (κ1) is 18.1. The van der Waals surface area contributed by atoms with Crippen LogP contribution in [-0.2, 0) is 4.74 Å². The quantitative estimate of drug-likeness (QED) is 0.508. The van der Waals surface area contributed by atoms with Gasteiger partial charge in [-0.05, 0) is 38.5 Å². The van der Waals surface area contributed by atoms with E-state index in [9.17, 15) is 19.7 Å². The lowest BCUT2D eigenvalue weighted by molar-refractivity contribution is -0.384. The lowest BCUT2D eigenvalue weighted by Crippen LogP contribution is -2.15. The lowest BCUT2D eigenvalue weighted by Gasteiger charge is -2.10. The second-order valence-corrected chi connectivity index (χ2v) is 5.52. The van der Waals surface area contributed by atoms with Crippen molar-refractivity contribution in [3.63, 3.8) is 0 Å². The summed E-state index contributed by atoms with van der Waals surface area (Å²) in [4.78, 5) is 34.8. The van der Waals surface area contributed by atoms with Crippen LogP contribution in [-0.4, -0.2) is 23.4 Å². The van der Waals surface area contributed by atoms with Gasteiger partial charge in [0.05, 0.1) is 17.1 Å². The number of nitro benzene ring substituents is 1. The number of amides is 1. The first-order valence-electron chi connectivity index (χ1n) is 7.67. The molecule has 0 bridgehead atoms. The Balaban J connectivity index is 2.37. The molecule has 2 rings (SSSR count). The van der Waals surface area contributed by atoms with Crippen LogP contribution in [0.15, 0.2) is 36.4 Å². The Hall–Kier alpha value is -3.22. The number of esters is 1. The van der Waals surface area contributed by atoms with Crippen molar-refractivity contribution in [2.45, 2.75) is 20.8 Å². The summed E-state index contributed by atoms with van der Waals surface area (Å²) in [5.74, 6) is -1.26. The number of hydrogen-bond acceptors (Lipinski definition) is 5. The maximum Gasteiger partial charge on any atom is 0.338 e. The molecule has 1 amide bonds. The van der Waals surface area contributed by atoms with Crippen molar-refractivity contribution in [1.82, 2.24) is 0 Å². The van der Waals surface area contributed by atoms with Crippen molar-refractivity contribution in [2.75, 3.05) is 11.9 Å². The van der Waals surface area contributed by atoms with Crippen LogP contribution in [0.1, 0.15) is 38.8 Å². The van der Waals surface area contributed by atoms with E-state index in [1.54, 1.807) is 13.0 Å². The second-order valence-electron chi connectivity index (χ2n) is 5.52. The summed E-state index contributed by atoms with van der Waals surface area (Å²) in [5, 5.41) is 13.8. The molecule has 7 heteroatoms. The molecule has 0 atom stereocenters. The minimum absolute atomic E-state index is 0.0113. The fourth-order valence-electron chi connectivity index (χ4n) is 2.33. The van der Waals surface area contributed by atoms with Gasteiger partial charge in [0.1, 0.15) is 0 Å². The molecular formula is C18H18N2O5. The van der Waals surface area contributed by atoms with Gasteiger partial charge in [-0.1, -0.05) is 17.7 Å². The van der Waals surface area contributed by atoms with Crippen LogP contribution < -0.4 is 5.32 Å². The number of benzene rings is 2. The summed E-state index contributed by atoms with van der Waals surface area (Å²) in [7, 11) is 0. The Morgan fingerprint density at radius 3 is 2.40 bits per heavy atom. The van der Waals surface area contributed by atoms with Crippen molar-refractivity contribution in [1.29, 1.82) is 0 Å². The molecule has 0 fully saturated rings. The molecule has 0 unspecified atom stereocenters. The number of hydrogen-bond donors (Lipinski definition) is 1. The predicted octanol–water partition coefficient (Wildman–Crippen LogP) is 3.64. The van der Waals surface area contributed by atoms with Gasteiger partial charge in [0.2, 0.25) is 0 Å². The molecule has 0 aliphatic carbocycles. The molecule has 0 heterocycles. The zero-order valence-electron chi connectivity index (χ0n) is 14.2. The topological polar surface area (TPSA) is 98.5 Å². The molecule has 130 valence electrons. The fraction of sp³-hybridized carbons (Fsp3) is 0.222. The van der Waals surface area contributed by atoms with Crippen molar-refractivity contribution < 1.29 is 19.2 Å². The smallest absolute Gasteiger partial charge is 0.338 e. The van der Waals surface area contributed by atoms with Crippen LogP contribution >= 0.6 is 0 Å². The Bertz CT molecular complexity index is 845. The Labute approximate surface area is 144 Å². The largest absolute Gasteiger partial charge is 0.462 e. The van der Waals surface area contributed by atoms with E-state index in [0.29, 0.717) is 5.69 Å². The number of rotatable bonds is 5. The van der Waals surface area contributed by atoms with E-state index in [4.69, 9.17) is 4.74 Å². The average Bonchev–Trinajstić information content (AvgIpc) is 2.57. The van der Waals surface area contributed by atoms with Gasteiger partial charge in [-0.25, -0.2) is 4.79 Å². The van der Waals surface area contributed by atoms with E-state index in [2.05, 4.69) is 5.32 Å². The molecule has 0 saturated heterocycles. The Morgan fingerprint density at radius 2 is 1.80 bits per heavy atom. The first-order chi connectivity index (χ1) is 11.8. The fourth-order valence-corrected chi connectivity index (χ4v) is 2.33. The van der Waals surface area contributed by atoms with Gasteiger partial charge >= 0.3 is 5.97 Å². The number of aryl methyl sites for hydroxylation is 2. The highest BCUT2D eigenvalue weighted by molar-refractivity contribution is 6.06. The van der Waals surface area contributed by atoms with Crippen LogP contribution in [0.25, 0.3) is 0 Å². The van der Waals surface area contributed by atoms with Gasteiger partial charge in [-0.3, -0.25) is 14.9 Å². The molecule has 0 aliphatic rings. The van der Waals surface area contributed by atoms with Crippen molar-refractivity contribution in [2.24, 2.45) is 0 Å². The van der Waals surface area contributed by atoms with Gasteiger partial charge in [-0.15, -0.1) is 0 Å². The second kappa shape index (κ2) is 7.57. The molecule has 2 aromatic carbocycles. The highest BCUT2D eigenvalue weighted by Crippen LogP contribution is 2.21. The monoisotopic (exact) mass is 342 g/mol. The number of carbonyl (C=O) groups is 2. The summed E-state index contributed by atoms with van der Waals surface area (Å²) in [6.45, 7) is 5.54. The molecule has 0 spiro atoms. The molecule has 25 heavy (non-hydrogen) atoms. The maximum atomic E-state index is 12.5. The average molecular weight is 342 g/mol. The van der Waals surface area contributed by atoms with Gasteiger partial charge in [0.15, 0.2) is 0 Å². The SMILES string of the molecule is CCOC(=O)c1cc(C(=O)Nc2ccc(C)cc2C)cc([N+](=O)[O-])c1. The highest BCUT2D eigenvalue weighted by atomic mass is 16.6. The lowest BCUT2D eigenvalue weighted by atomic mass is 10.1. The molecular weight excluding hydrogens is 324 g/mol. The van der Waals surface area contributed by atoms with E-state index in [1.807, 2.05) is 26.0 Å². The van der Waals surface area contributed by atoms with Crippen molar-refractivity contribution in [3.8, 4) is 0 Å². The van der Waals surface area contributed by atoms with Gasteiger partial charge in [0.25, 0.3) is 11.6 Å². The van der Waals surface area contributed by atoms with Crippen LogP contribution in [0.3, 0.4) is 0 Å². The number of nitrogens with zero attached hydrogens (tertiary/aromatic N) is 1. The van der Waals surface area contributed by atoms with Gasteiger partial charge in [-0.2, -0.15) is 0 Å². The third-order valence-corrected chi connectivity index (χ3v) is 3.53. The van der Waals surface area contributed by atoms with Crippen LogP contribution in [0.5, 0.6) is 0 Å². The van der Waals surface area contributed by atoms with Crippen LogP contribution in [0, 0.1) is 24.0 Å². The van der Waals surface area contributed by atoms with E-state index < -0.39 is 16.8 Å². The molecule has 0 aromatic heterocycles. The number of carbonyl (C=O) groups excluding carboxylic acids is 2. The molecule has 0 saturated carbocycles. The minimum Gasteiger partial charge on any atom is -0.462 e. The zero-order chi connectivity index (χ0) is 18.6. The third kappa shape index (κ3) is 4.41.